The molecule has 3 aromatic rings. The molecule has 0 fully saturated rings. The van der Waals surface area contributed by atoms with Gasteiger partial charge in [0.05, 0.1) is 15.9 Å². The zero-order valence-corrected chi connectivity index (χ0v) is 15.4. The summed E-state index contributed by atoms with van der Waals surface area (Å²) in [6, 6.07) is 10.4. The molecule has 1 aromatic heterocycles. The molecule has 8 nitrogen and oxygen atoms in total. The van der Waals surface area contributed by atoms with Crippen LogP contribution in [0.5, 0.6) is 0 Å². The zero-order chi connectivity index (χ0) is 19.4. The molecule has 0 unspecified atom stereocenters. The summed E-state index contributed by atoms with van der Waals surface area (Å²) < 4.78 is 13.7. The minimum absolute atomic E-state index is 0.178. The van der Waals surface area contributed by atoms with Gasteiger partial charge in [0.1, 0.15) is 5.82 Å². The first-order valence-electron chi connectivity index (χ1n) is 7.50. The second-order valence-corrected chi connectivity index (χ2v) is 7.50. The van der Waals surface area contributed by atoms with Crippen LogP contribution in [0.4, 0.5) is 26.6 Å². The molecule has 138 valence electrons. The van der Waals surface area contributed by atoms with Gasteiger partial charge >= 0.3 is 0 Å². The van der Waals surface area contributed by atoms with Gasteiger partial charge in [-0.25, -0.2) is 4.39 Å². The van der Waals surface area contributed by atoms with Crippen LogP contribution in [0.25, 0.3) is 0 Å². The molecule has 0 radical (unpaired) electrons. The van der Waals surface area contributed by atoms with Gasteiger partial charge in [0.25, 0.3) is 5.69 Å². The summed E-state index contributed by atoms with van der Waals surface area (Å²) >= 11 is 2.23. The number of hydrogen-bond acceptors (Lipinski definition) is 8. The summed E-state index contributed by atoms with van der Waals surface area (Å²) in [7, 11) is 0. The van der Waals surface area contributed by atoms with Crippen molar-refractivity contribution < 1.29 is 14.1 Å². The first-order chi connectivity index (χ1) is 12.9. The van der Waals surface area contributed by atoms with Crippen molar-refractivity contribution in [1.82, 2.24) is 10.2 Å². The molecule has 0 saturated heterocycles. The first-order valence-corrected chi connectivity index (χ1v) is 9.14. The number of carbonyl (C=O) groups excluding carboxylic acids is 1. The second kappa shape index (κ2) is 8.10. The highest BCUT2D eigenvalue weighted by atomic mass is 32.2. The van der Waals surface area contributed by atoms with E-state index in [-0.39, 0.29) is 16.5 Å². The molecule has 0 aliphatic heterocycles. The molecule has 1 heterocycles. The van der Waals surface area contributed by atoms with Crippen molar-refractivity contribution in [3.8, 4) is 0 Å². The molecule has 11 heteroatoms. The highest BCUT2D eigenvalue weighted by Crippen LogP contribution is 2.38. The predicted octanol–water partition coefficient (Wildman–Crippen LogP) is 4.44. The average molecular weight is 405 g/mol. The number of rotatable bonds is 6. The summed E-state index contributed by atoms with van der Waals surface area (Å²) in [6.07, 6.45) is 0. The van der Waals surface area contributed by atoms with Gasteiger partial charge in [-0.1, -0.05) is 17.4 Å². The predicted molar refractivity (Wildman–Crippen MR) is 101 cm³/mol. The molecule has 0 saturated carbocycles. The van der Waals surface area contributed by atoms with Crippen molar-refractivity contribution in [3.05, 3.63) is 58.4 Å². The maximum absolute atomic E-state index is 13.2. The number of anilines is 3. The van der Waals surface area contributed by atoms with E-state index in [1.807, 2.05) is 0 Å². The topological polar surface area (TPSA) is 110 Å². The van der Waals surface area contributed by atoms with Gasteiger partial charge < -0.3 is 10.6 Å². The summed E-state index contributed by atoms with van der Waals surface area (Å²) in [5.41, 5.74) is 1.00. The van der Waals surface area contributed by atoms with Crippen LogP contribution in [0.1, 0.15) is 6.92 Å². The third-order valence-corrected chi connectivity index (χ3v) is 5.11. The van der Waals surface area contributed by atoms with Crippen molar-refractivity contribution in [2.24, 2.45) is 0 Å². The number of carbonyl (C=O) groups is 1. The summed E-state index contributed by atoms with van der Waals surface area (Å²) in [4.78, 5) is 21.8. The van der Waals surface area contributed by atoms with E-state index in [9.17, 15) is 19.3 Å². The maximum Gasteiger partial charge on any atom is 0.286 e. The molecule has 2 N–H and O–H groups in total. The van der Waals surface area contributed by atoms with E-state index in [0.29, 0.717) is 20.8 Å². The molecule has 0 bridgehead atoms. The van der Waals surface area contributed by atoms with Crippen molar-refractivity contribution in [2.45, 2.75) is 16.2 Å². The number of hydrogen-bond donors (Lipinski definition) is 2. The van der Waals surface area contributed by atoms with Gasteiger partial charge in [-0.2, -0.15) is 0 Å². The fourth-order valence-corrected chi connectivity index (χ4v) is 3.93. The van der Waals surface area contributed by atoms with Crippen LogP contribution in [-0.2, 0) is 4.79 Å². The number of amides is 1. The lowest BCUT2D eigenvalue weighted by atomic mass is 10.3. The molecule has 2 aromatic carbocycles. The molecule has 0 aliphatic carbocycles. The van der Waals surface area contributed by atoms with Gasteiger partial charge in [0.2, 0.25) is 11.0 Å². The quantitative estimate of drug-likeness (QED) is 0.461. The van der Waals surface area contributed by atoms with Crippen LogP contribution in [0.15, 0.2) is 51.7 Å². The van der Waals surface area contributed by atoms with E-state index < -0.39 is 10.7 Å². The van der Waals surface area contributed by atoms with Gasteiger partial charge in [0, 0.05) is 18.3 Å². The molecule has 0 spiro atoms. The Hall–Kier alpha value is -3.05. The first kappa shape index (κ1) is 18.7. The van der Waals surface area contributed by atoms with E-state index in [0.717, 1.165) is 23.9 Å². The molecule has 27 heavy (non-hydrogen) atoms. The number of benzene rings is 2. The number of nitrogens with zero attached hydrogens (tertiary/aromatic N) is 3. The smallest absolute Gasteiger partial charge is 0.286 e. The van der Waals surface area contributed by atoms with Crippen LogP contribution < -0.4 is 10.6 Å². The summed E-state index contributed by atoms with van der Waals surface area (Å²) in [5.74, 6) is -0.854. The largest absolute Gasteiger partial charge is 0.330 e. The highest BCUT2D eigenvalue weighted by Gasteiger charge is 2.18. The Labute approximate surface area is 161 Å². The lowest BCUT2D eigenvalue weighted by molar-refractivity contribution is -0.387. The second-order valence-electron chi connectivity index (χ2n) is 5.23. The summed E-state index contributed by atoms with van der Waals surface area (Å²) in [5, 5.41) is 25.3. The van der Waals surface area contributed by atoms with Crippen LogP contribution >= 0.6 is 23.1 Å². The van der Waals surface area contributed by atoms with Gasteiger partial charge in [-0.05, 0) is 42.1 Å². The fourth-order valence-electron chi connectivity index (χ4n) is 2.12. The minimum atomic E-state index is -0.676. The van der Waals surface area contributed by atoms with Gasteiger partial charge in [-0.15, -0.1) is 10.2 Å². The Morgan fingerprint density at radius 3 is 2.74 bits per heavy atom. The van der Waals surface area contributed by atoms with E-state index in [2.05, 4.69) is 20.8 Å². The maximum atomic E-state index is 13.2. The van der Waals surface area contributed by atoms with E-state index >= 15 is 0 Å². The summed E-state index contributed by atoms with van der Waals surface area (Å²) in [6.45, 7) is 1.42. The number of nitrogens with one attached hydrogen (secondary N) is 2. The third kappa shape index (κ3) is 4.99. The van der Waals surface area contributed by atoms with Crippen molar-refractivity contribution in [3.63, 3.8) is 0 Å². The number of nitro groups is 1. The zero-order valence-electron chi connectivity index (χ0n) is 13.8. The van der Waals surface area contributed by atoms with E-state index in [1.165, 1.54) is 24.3 Å². The SMILES string of the molecule is CC(=O)Nc1cccc(Nc2nnc(Sc3ccc(F)cc3[N+](=O)[O-])s2)c1. The molecular formula is C16H12FN5O3S2. The van der Waals surface area contributed by atoms with Crippen LogP contribution in [0.2, 0.25) is 0 Å². The third-order valence-electron chi connectivity index (χ3n) is 3.16. The van der Waals surface area contributed by atoms with Gasteiger partial charge in [-0.3, -0.25) is 14.9 Å². The number of nitro benzene ring substituents is 1. The molecule has 1 amide bonds. The Kier molecular flexibility index (Phi) is 5.62. The van der Waals surface area contributed by atoms with Crippen molar-refractivity contribution in [2.75, 3.05) is 10.6 Å². The van der Waals surface area contributed by atoms with Crippen LogP contribution in [-0.4, -0.2) is 21.0 Å². The fraction of sp³-hybridized carbons (Fsp3) is 0.0625. The van der Waals surface area contributed by atoms with Crippen molar-refractivity contribution >= 4 is 51.2 Å². The lowest BCUT2D eigenvalue weighted by Crippen LogP contribution is -2.05. The van der Waals surface area contributed by atoms with Crippen molar-refractivity contribution in [1.29, 1.82) is 0 Å². The van der Waals surface area contributed by atoms with E-state index in [4.69, 9.17) is 0 Å². The Morgan fingerprint density at radius 2 is 2.00 bits per heavy atom. The lowest BCUT2D eigenvalue weighted by Gasteiger charge is -2.05. The molecule has 0 aliphatic rings. The Balaban J connectivity index is 1.74. The van der Waals surface area contributed by atoms with Gasteiger partial charge in [0.15, 0.2) is 4.34 Å². The van der Waals surface area contributed by atoms with Crippen LogP contribution in [0.3, 0.4) is 0 Å². The monoisotopic (exact) mass is 405 g/mol. The standard InChI is InChI=1S/C16H12FN5O3S2/c1-9(23)18-11-3-2-4-12(8-11)19-15-20-21-16(27-15)26-14-6-5-10(17)7-13(14)22(24)25/h2-8H,1H3,(H,18,23)(H,19,20). The Bertz CT molecular complexity index is 1010. The minimum Gasteiger partial charge on any atom is -0.330 e. The Morgan fingerprint density at radius 1 is 1.22 bits per heavy atom. The molecule has 0 atom stereocenters. The number of halogens is 1. The number of aromatic nitrogens is 2. The molecule has 3 rings (SSSR count). The average Bonchev–Trinajstić information content (AvgIpc) is 3.03. The van der Waals surface area contributed by atoms with E-state index in [1.54, 1.807) is 24.3 Å². The van der Waals surface area contributed by atoms with Crippen LogP contribution in [0, 0.1) is 15.9 Å². The molecular weight excluding hydrogens is 393 g/mol. The highest BCUT2D eigenvalue weighted by molar-refractivity contribution is 8.01. The normalized spacial score (nSPS) is 10.4.